The number of nitrogens with zero attached hydrogens (tertiary/aromatic N) is 1. The van der Waals surface area contributed by atoms with Gasteiger partial charge in [0.2, 0.25) is 5.91 Å². The minimum absolute atomic E-state index is 0.0948. The van der Waals surface area contributed by atoms with Gasteiger partial charge in [0.15, 0.2) is 4.67 Å². The predicted molar refractivity (Wildman–Crippen MR) is 69.2 cm³/mol. The van der Waals surface area contributed by atoms with Gasteiger partial charge >= 0.3 is 0 Å². The van der Waals surface area contributed by atoms with Gasteiger partial charge < -0.3 is 14.6 Å². The SMILES string of the molecule is CC(=O)N1CCC(NC(=O)c2ccoc2Br)CC1. The highest BCUT2D eigenvalue weighted by Gasteiger charge is 2.23. The van der Waals surface area contributed by atoms with E-state index in [1.165, 1.54) is 6.26 Å². The molecule has 2 heterocycles. The van der Waals surface area contributed by atoms with Crippen molar-refractivity contribution in [3.05, 3.63) is 22.6 Å². The minimum atomic E-state index is -0.142. The second-order valence-electron chi connectivity index (χ2n) is 4.36. The Hall–Kier alpha value is -1.30. The number of hydrogen-bond acceptors (Lipinski definition) is 3. The van der Waals surface area contributed by atoms with Crippen LogP contribution in [0, 0.1) is 0 Å². The standard InChI is InChI=1S/C12H15BrN2O3/c1-8(16)15-5-2-9(3-6-15)14-12(17)10-4-7-18-11(10)13/h4,7,9H,2-3,5-6H2,1H3,(H,14,17). The molecule has 1 fully saturated rings. The van der Waals surface area contributed by atoms with E-state index in [9.17, 15) is 9.59 Å². The highest BCUT2D eigenvalue weighted by atomic mass is 79.9. The summed E-state index contributed by atoms with van der Waals surface area (Å²) >= 11 is 3.18. The zero-order valence-corrected chi connectivity index (χ0v) is 11.7. The average Bonchev–Trinajstić information content (AvgIpc) is 2.76. The third kappa shape index (κ3) is 2.93. The number of furan rings is 1. The molecule has 0 radical (unpaired) electrons. The summed E-state index contributed by atoms with van der Waals surface area (Å²) in [6.07, 6.45) is 3.05. The summed E-state index contributed by atoms with van der Waals surface area (Å²) in [6.45, 7) is 2.97. The fourth-order valence-electron chi connectivity index (χ4n) is 2.06. The number of amides is 2. The molecule has 0 atom stereocenters. The van der Waals surface area contributed by atoms with E-state index in [0.29, 0.717) is 23.3 Å². The van der Waals surface area contributed by atoms with Gasteiger partial charge in [0.05, 0.1) is 11.8 Å². The van der Waals surface area contributed by atoms with Crippen LogP contribution in [-0.4, -0.2) is 35.8 Å². The van der Waals surface area contributed by atoms with Crippen molar-refractivity contribution in [3.63, 3.8) is 0 Å². The summed E-state index contributed by atoms with van der Waals surface area (Å²) in [5, 5.41) is 2.95. The van der Waals surface area contributed by atoms with Crippen LogP contribution in [-0.2, 0) is 4.79 Å². The van der Waals surface area contributed by atoms with E-state index < -0.39 is 0 Å². The van der Waals surface area contributed by atoms with E-state index in [1.54, 1.807) is 17.9 Å². The molecule has 1 aliphatic heterocycles. The van der Waals surface area contributed by atoms with Crippen LogP contribution < -0.4 is 5.32 Å². The number of rotatable bonds is 2. The van der Waals surface area contributed by atoms with Crippen LogP contribution in [0.1, 0.15) is 30.1 Å². The first-order valence-corrected chi connectivity index (χ1v) is 6.66. The number of nitrogens with one attached hydrogen (secondary N) is 1. The molecule has 18 heavy (non-hydrogen) atoms. The first-order chi connectivity index (χ1) is 8.58. The number of likely N-dealkylation sites (tertiary alicyclic amines) is 1. The Bertz CT molecular complexity index is 450. The number of hydrogen-bond donors (Lipinski definition) is 1. The monoisotopic (exact) mass is 314 g/mol. The Morgan fingerprint density at radius 3 is 2.61 bits per heavy atom. The summed E-state index contributed by atoms with van der Waals surface area (Å²) in [7, 11) is 0. The predicted octanol–water partition coefficient (Wildman–Crippen LogP) is 1.78. The minimum Gasteiger partial charge on any atom is -0.457 e. The van der Waals surface area contributed by atoms with Crippen molar-refractivity contribution >= 4 is 27.7 Å². The maximum Gasteiger partial charge on any atom is 0.255 e. The maximum atomic E-state index is 11.9. The summed E-state index contributed by atoms with van der Waals surface area (Å²) in [6, 6.07) is 1.75. The first kappa shape index (κ1) is 13.1. The van der Waals surface area contributed by atoms with Crippen LogP contribution in [0.4, 0.5) is 0 Å². The van der Waals surface area contributed by atoms with Crippen LogP contribution >= 0.6 is 15.9 Å². The lowest BCUT2D eigenvalue weighted by atomic mass is 10.0. The quantitative estimate of drug-likeness (QED) is 0.905. The number of halogens is 1. The van der Waals surface area contributed by atoms with Crippen molar-refractivity contribution in [3.8, 4) is 0 Å². The van der Waals surface area contributed by atoms with Gasteiger partial charge in [-0.15, -0.1) is 0 Å². The Balaban J connectivity index is 1.87. The zero-order valence-electron chi connectivity index (χ0n) is 10.1. The number of carbonyl (C=O) groups excluding carboxylic acids is 2. The van der Waals surface area contributed by atoms with Crippen LogP contribution in [0.2, 0.25) is 0 Å². The van der Waals surface area contributed by atoms with Crippen LogP contribution in [0.3, 0.4) is 0 Å². The van der Waals surface area contributed by atoms with Crippen molar-refractivity contribution in [2.75, 3.05) is 13.1 Å². The van der Waals surface area contributed by atoms with Gasteiger partial charge in [-0.25, -0.2) is 0 Å². The van der Waals surface area contributed by atoms with Crippen molar-refractivity contribution in [1.29, 1.82) is 0 Å². The van der Waals surface area contributed by atoms with Gasteiger partial charge in [-0.2, -0.15) is 0 Å². The largest absolute Gasteiger partial charge is 0.457 e. The summed E-state index contributed by atoms with van der Waals surface area (Å²) < 4.78 is 5.47. The molecule has 6 heteroatoms. The van der Waals surface area contributed by atoms with Gasteiger partial charge in [-0.1, -0.05) is 0 Å². The molecule has 0 unspecified atom stereocenters. The van der Waals surface area contributed by atoms with Crippen LogP contribution in [0.5, 0.6) is 0 Å². The van der Waals surface area contributed by atoms with Gasteiger partial charge in [0.25, 0.3) is 5.91 Å². The molecule has 0 aliphatic carbocycles. The Labute approximate surface area is 114 Å². The second kappa shape index (κ2) is 5.56. The van der Waals surface area contributed by atoms with E-state index >= 15 is 0 Å². The number of carbonyl (C=O) groups is 2. The molecule has 1 aromatic rings. The molecule has 0 aromatic carbocycles. The van der Waals surface area contributed by atoms with Gasteiger partial charge in [0.1, 0.15) is 0 Å². The lowest BCUT2D eigenvalue weighted by Crippen LogP contribution is -2.45. The zero-order chi connectivity index (χ0) is 13.1. The molecule has 0 saturated carbocycles. The van der Waals surface area contributed by atoms with E-state index in [4.69, 9.17) is 4.42 Å². The summed E-state index contributed by atoms with van der Waals surface area (Å²) in [4.78, 5) is 24.9. The topological polar surface area (TPSA) is 62.6 Å². The fourth-order valence-corrected chi connectivity index (χ4v) is 2.48. The summed E-state index contributed by atoms with van der Waals surface area (Å²) in [5.41, 5.74) is 0.504. The van der Waals surface area contributed by atoms with Gasteiger partial charge in [-0.05, 0) is 34.8 Å². The fraction of sp³-hybridized carbons (Fsp3) is 0.500. The molecule has 0 spiro atoms. The lowest BCUT2D eigenvalue weighted by Gasteiger charge is -2.31. The smallest absolute Gasteiger partial charge is 0.255 e. The normalized spacial score (nSPS) is 16.7. The molecule has 2 amide bonds. The van der Waals surface area contributed by atoms with E-state index in [2.05, 4.69) is 21.2 Å². The van der Waals surface area contributed by atoms with Crippen LogP contribution in [0.15, 0.2) is 21.4 Å². The molecule has 2 rings (SSSR count). The number of piperidine rings is 1. The Morgan fingerprint density at radius 2 is 2.11 bits per heavy atom. The molecule has 1 N–H and O–H groups in total. The van der Waals surface area contributed by atoms with Crippen molar-refractivity contribution in [2.24, 2.45) is 0 Å². The molecule has 1 saturated heterocycles. The first-order valence-electron chi connectivity index (χ1n) is 5.87. The molecule has 0 bridgehead atoms. The summed E-state index contributed by atoms with van der Waals surface area (Å²) in [5.74, 6) is -0.0470. The highest BCUT2D eigenvalue weighted by Crippen LogP contribution is 2.18. The van der Waals surface area contributed by atoms with E-state index in [0.717, 1.165) is 12.8 Å². The van der Waals surface area contributed by atoms with Crippen molar-refractivity contribution in [2.45, 2.75) is 25.8 Å². The van der Waals surface area contributed by atoms with E-state index in [-0.39, 0.29) is 17.9 Å². The van der Waals surface area contributed by atoms with Crippen molar-refractivity contribution in [1.82, 2.24) is 10.2 Å². The van der Waals surface area contributed by atoms with Gasteiger partial charge in [0, 0.05) is 26.1 Å². The lowest BCUT2D eigenvalue weighted by molar-refractivity contribution is -0.129. The molecular formula is C12H15BrN2O3. The second-order valence-corrected chi connectivity index (χ2v) is 5.08. The molecule has 1 aromatic heterocycles. The highest BCUT2D eigenvalue weighted by molar-refractivity contribution is 9.10. The van der Waals surface area contributed by atoms with Crippen LogP contribution in [0.25, 0.3) is 0 Å². The Kier molecular flexibility index (Phi) is 4.06. The molecular weight excluding hydrogens is 300 g/mol. The van der Waals surface area contributed by atoms with Crippen molar-refractivity contribution < 1.29 is 14.0 Å². The van der Waals surface area contributed by atoms with Gasteiger partial charge in [-0.3, -0.25) is 9.59 Å². The Morgan fingerprint density at radius 1 is 1.44 bits per heavy atom. The average molecular weight is 315 g/mol. The van der Waals surface area contributed by atoms with E-state index in [1.807, 2.05) is 0 Å². The molecule has 98 valence electrons. The molecule has 1 aliphatic rings. The third-order valence-electron chi connectivity index (χ3n) is 3.14. The molecule has 5 nitrogen and oxygen atoms in total. The third-order valence-corrected chi connectivity index (χ3v) is 3.75. The maximum absolute atomic E-state index is 11.9.